The van der Waals surface area contributed by atoms with Gasteiger partial charge in [0.1, 0.15) is 0 Å². The molecule has 4 nitrogen and oxygen atoms in total. The Morgan fingerprint density at radius 3 is 2.32 bits per heavy atom. The van der Waals surface area contributed by atoms with Crippen LogP contribution in [0.5, 0.6) is 0 Å². The molecule has 5 heteroatoms. The molecule has 2 N–H and O–H groups in total. The van der Waals surface area contributed by atoms with Crippen molar-refractivity contribution in [2.24, 2.45) is 5.73 Å². The van der Waals surface area contributed by atoms with E-state index in [2.05, 4.69) is 0 Å². The average molecular weight is 351 g/mol. The Labute approximate surface area is 150 Å². The zero-order valence-electron chi connectivity index (χ0n) is 13.4. The molecule has 0 aliphatic carbocycles. The molecule has 3 aromatic rings. The first kappa shape index (κ1) is 17.0. The number of hydrogen-bond acceptors (Lipinski definition) is 4. The molecule has 0 aromatic heterocycles. The van der Waals surface area contributed by atoms with Crippen LogP contribution in [-0.2, 0) is 14.3 Å². The predicted octanol–water partition coefficient (Wildman–Crippen LogP) is 3.70. The Hall–Kier alpha value is -2.79. The van der Waals surface area contributed by atoms with Gasteiger partial charge in [0.15, 0.2) is 0 Å². The molecule has 0 aliphatic rings. The molecule has 3 aromatic carbocycles. The minimum Gasteiger partial charge on any atom is -0.447 e. The molecule has 126 valence electrons. The number of amides is 1. The number of esters is 1. The van der Waals surface area contributed by atoms with E-state index in [-0.39, 0.29) is 5.75 Å². The van der Waals surface area contributed by atoms with Gasteiger partial charge in [0.05, 0.1) is 5.75 Å². The summed E-state index contributed by atoms with van der Waals surface area (Å²) in [5.41, 5.74) is 5.93. The van der Waals surface area contributed by atoms with Gasteiger partial charge in [-0.05, 0) is 22.9 Å². The Morgan fingerprint density at radius 2 is 1.60 bits per heavy atom. The molecule has 0 radical (unpaired) electrons. The lowest BCUT2D eigenvalue weighted by Crippen LogP contribution is -2.26. The highest BCUT2D eigenvalue weighted by atomic mass is 32.2. The number of thioether (sulfide) groups is 1. The highest BCUT2D eigenvalue weighted by molar-refractivity contribution is 8.00. The lowest BCUT2D eigenvalue weighted by atomic mass is 10.1. The second kappa shape index (κ2) is 7.85. The molecule has 25 heavy (non-hydrogen) atoms. The summed E-state index contributed by atoms with van der Waals surface area (Å²) in [6, 6.07) is 22.8. The van der Waals surface area contributed by atoms with E-state index in [4.69, 9.17) is 10.5 Å². The number of hydrogen-bond donors (Lipinski definition) is 1. The Morgan fingerprint density at radius 1 is 0.920 bits per heavy atom. The Kier molecular flexibility index (Phi) is 5.36. The first-order chi connectivity index (χ1) is 12.1. The van der Waals surface area contributed by atoms with E-state index in [0.29, 0.717) is 5.56 Å². The highest BCUT2D eigenvalue weighted by Gasteiger charge is 2.22. The third kappa shape index (κ3) is 4.39. The number of primary amides is 1. The van der Waals surface area contributed by atoms with Gasteiger partial charge in [-0.1, -0.05) is 60.7 Å². The first-order valence-corrected chi connectivity index (χ1v) is 8.77. The van der Waals surface area contributed by atoms with Crippen LogP contribution in [0.3, 0.4) is 0 Å². The van der Waals surface area contributed by atoms with Gasteiger partial charge in [0.2, 0.25) is 6.10 Å². The molecule has 0 saturated heterocycles. The third-order valence-corrected chi connectivity index (χ3v) is 4.65. The molecule has 1 amide bonds. The lowest BCUT2D eigenvalue weighted by Gasteiger charge is -2.15. The monoisotopic (exact) mass is 351 g/mol. The number of ether oxygens (including phenoxy) is 1. The zero-order valence-corrected chi connectivity index (χ0v) is 14.2. The van der Waals surface area contributed by atoms with Crippen molar-refractivity contribution in [1.82, 2.24) is 0 Å². The number of benzene rings is 3. The minimum absolute atomic E-state index is 0.106. The summed E-state index contributed by atoms with van der Waals surface area (Å²) in [5, 5.41) is 2.26. The van der Waals surface area contributed by atoms with Gasteiger partial charge in [-0.25, -0.2) is 0 Å². The molecular weight excluding hydrogens is 334 g/mol. The second-order valence-corrected chi connectivity index (χ2v) is 6.53. The smallest absolute Gasteiger partial charge is 0.317 e. The van der Waals surface area contributed by atoms with E-state index in [0.717, 1.165) is 15.7 Å². The molecule has 0 spiro atoms. The fourth-order valence-electron chi connectivity index (χ4n) is 2.48. The summed E-state index contributed by atoms with van der Waals surface area (Å²) in [6.07, 6.45) is -1.06. The summed E-state index contributed by atoms with van der Waals surface area (Å²) in [7, 11) is 0. The molecule has 0 aliphatic heterocycles. The predicted molar refractivity (Wildman–Crippen MR) is 99.1 cm³/mol. The van der Waals surface area contributed by atoms with Crippen molar-refractivity contribution in [2.45, 2.75) is 11.0 Å². The van der Waals surface area contributed by atoms with E-state index in [1.807, 2.05) is 48.5 Å². The summed E-state index contributed by atoms with van der Waals surface area (Å²) in [4.78, 5) is 24.7. The number of fused-ring (bicyclic) bond motifs is 1. The van der Waals surface area contributed by atoms with E-state index < -0.39 is 18.0 Å². The quantitative estimate of drug-likeness (QED) is 0.543. The van der Waals surface area contributed by atoms with Crippen LogP contribution in [-0.4, -0.2) is 17.6 Å². The van der Waals surface area contributed by atoms with Gasteiger partial charge < -0.3 is 10.5 Å². The normalized spacial score (nSPS) is 11.8. The maximum atomic E-state index is 12.1. The van der Waals surface area contributed by atoms with Crippen LogP contribution in [0.2, 0.25) is 0 Å². The fraction of sp³-hybridized carbons (Fsp3) is 0.100. The molecule has 1 atom stereocenters. The number of carbonyl (C=O) groups excluding carboxylic acids is 2. The SMILES string of the molecule is NC(=O)C(OC(=O)CSc1ccc2ccccc2c1)c1ccccc1. The van der Waals surface area contributed by atoms with Crippen molar-refractivity contribution in [1.29, 1.82) is 0 Å². The zero-order chi connectivity index (χ0) is 17.6. The van der Waals surface area contributed by atoms with Crippen molar-refractivity contribution in [2.75, 3.05) is 5.75 Å². The summed E-state index contributed by atoms with van der Waals surface area (Å²) in [5.74, 6) is -1.06. The highest BCUT2D eigenvalue weighted by Crippen LogP contribution is 2.25. The maximum Gasteiger partial charge on any atom is 0.317 e. The van der Waals surface area contributed by atoms with E-state index in [1.165, 1.54) is 11.8 Å². The van der Waals surface area contributed by atoms with Crippen LogP contribution >= 0.6 is 11.8 Å². The molecule has 0 heterocycles. The second-order valence-electron chi connectivity index (χ2n) is 5.48. The summed E-state index contributed by atoms with van der Waals surface area (Å²) >= 11 is 1.37. The maximum absolute atomic E-state index is 12.1. The molecule has 1 unspecified atom stereocenters. The van der Waals surface area contributed by atoms with Gasteiger partial charge in [-0.15, -0.1) is 11.8 Å². The van der Waals surface area contributed by atoms with Crippen LogP contribution in [0.4, 0.5) is 0 Å². The van der Waals surface area contributed by atoms with Crippen molar-refractivity contribution < 1.29 is 14.3 Å². The number of carbonyl (C=O) groups is 2. The van der Waals surface area contributed by atoms with E-state index in [1.54, 1.807) is 24.3 Å². The molecular formula is C20H17NO3S. The largest absolute Gasteiger partial charge is 0.447 e. The third-order valence-electron chi connectivity index (χ3n) is 3.69. The van der Waals surface area contributed by atoms with Gasteiger partial charge >= 0.3 is 5.97 Å². The lowest BCUT2D eigenvalue weighted by molar-refractivity contribution is -0.152. The van der Waals surface area contributed by atoms with E-state index in [9.17, 15) is 9.59 Å². The fourth-order valence-corrected chi connectivity index (χ4v) is 3.21. The van der Waals surface area contributed by atoms with Crippen molar-refractivity contribution in [3.8, 4) is 0 Å². The molecule has 0 saturated carbocycles. The first-order valence-electron chi connectivity index (χ1n) is 7.79. The van der Waals surface area contributed by atoms with Gasteiger partial charge in [0, 0.05) is 10.5 Å². The minimum atomic E-state index is -1.06. The summed E-state index contributed by atoms with van der Waals surface area (Å²) < 4.78 is 5.27. The van der Waals surface area contributed by atoms with Crippen LogP contribution in [0.1, 0.15) is 11.7 Å². The standard InChI is InChI=1S/C20H17NO3S/c21-20(23)19(15-7-2-1-3-8-15)24-18(22)13-25-17-11-10-14-6-4-5-9-16(14)12-17/h1-12,19H,13H2,(H2,21,23). The van der Waals surface area contributed by atoms with Gasteiger partial charge in [-0.2, -0.15) is 0 Å². The van der Waals surface area contributed by atoms with Gasteiger partial charge in [-0.3, -0.25) is 9.59 Å². The van der Waals surface area contributed by atoms with Crippen LogP contribution in [0.25, 0.3) is 10.8 Å². The summed E-state index contributed by atoms with van der Waals surface area (Å²) in [6.45, 7) is 0. The van der Waals surface area contributed by atoms with Crippen LogP contribution < -0.4 is 5.73 Å². The molecule has 0 fully saturated rings. The number of rotatable bonds is 6. The van der Waals surface area contributed by atoms with E-state index >= 15 is 0 Å². The van der Waals surface area contributed by atoms with Crippen molar-refractivity contribution in [3.63, 3.8) is 0 Å². The molecule has 3 rings (SSSR count). The van der Waals surface area contributed by atoms with Crippen molar-refractivity contribution >= 4 is 34.4 Å². The van der Waals surface area contributed by atoms with Gasteiger partial charge in [0.25, 0.3) is 5.91 Å². The Balaban J connectivity index is 1.64. The van der Waals surface area contributed by atoms with Crippen LogP contribution in [0.15, 0.2) is 77.7 Å². The Bertz CT molecular complexity index is 896. The topological polar surface area (TPSA) is 69.4 Å². The van der Waals surface area contributed by atoms with Crippen molar-refractivity contribution in [3.05, 3.63) is 78.4 Å². The average Bonchev–Trinajstić information content (AvgIpc) is 2.64. The molecule has 0 bridgehead atoms. The number of nitrogens with two attached hydrogens (primary N) is 1. The van der Waals surface area contributed by atoms with Crippen LogP contribution in [0, 0.1) is 0 Å².